The van der Waals surface area contributed by atoms with Gasteiger partial charge >= 0.3 is 0 Å². The molecular formula is C31H25BrN4O2S. The molecule has 1 aliphatic heterocycles. The summed E-state index contributed by atoms with van der Waals surface area (Å²) in [6, 6.07) is 31.2. The van der Waals surface area contributed by atoms with Crippen LogP contribution in [0.3, 0.4) is 0 Å². The molecule has 1 amide bonds. The highest BCUT2D eigenvalue weighted by Gasteiger charge is 2.41. The van der Waals surface area contributed by atoms with Crippen LogP contribution in [0, 0.1) is 0 Å². The van der Waals surface area contributed by atoms with Gasteiger partial charge in [0.15, 0.2) is 5.11 Å². The molecule has 1 aliphatic rings. The molecule has 39 heavy (non-hydrogen) atoms. The predicted octanol–water partition coefficient (Wildman–Crippen LogP) is 7.26. The Bertz CT molecular complexity index is 1630. The first-order valence-corrected chi connectivity index (χ1v) is 13.9. The lowest BCUT2D eigenvalue weighted by Crippen LogP contribution is -2.32. The van der Waals surface area contributed by atoms with Gasteiger partial charge in [0.1, 0.15) is 17.6 Å². The van der Waals surface area contributed by atoms with Gasteiger partial charge in [0.05, 0.1) is 11.7 Å². The highest BCUT2D eigenvalue weighted by Crippen LogP contribution is 2.40. The average Bonchev–Trinajstić information content (AvgIpc) is 3.57. The summed E-state index contributed by atoms with van der Waals surface area (Å²) in [4.78, 5) is 19.7. The normalized spacial score (nSPS) is 16.8. The van der Waals surface area contributed by atoms with Crippen molar-refractivity contribution in [3.8, 4) is 11.3 Å². The van der Waals surface area contributed by atoms with Crippen molar-refractivity contribution in [2.24, 2.45) is 0 Å². The topological polar surface area (TPSA) is 70.4 Å². The predicted molar refractivity (Wildman–Crippen MR) is 161 cm³/mol. The molecule has 1 saturated heterocycles. The molecule has 8 heteroatoms. The van der Waals surface area contributed by atoms with E-state index >= 15 is 0 Å². The van der Waals surface area contributed by atoms with E-state index in [2.05, 4.69) is 31.5 Å². The molecule has 0 unspecified atom stereocenters. The van der Waals surface area contributed by atoms with Gasteiger partial charge in [0, 0.05) is 40.3 Å². The second kappa shape index (κ2) is 11.0. The maximum Gasteiger partial charge on any atom is 0.226 e. The second-order valence-corrected chi connectivity index (χ2v) is 10.7. The van der Waals surface area contributed by atoms with Crippen LogP contribution in [0.2, 0.25) is 0 Å². The van der Waals surface area contributed by atoms with Crippen LogP contribution in [-0.4, -0.2) is 27.4 Å². The van der Waals surface area contributed by atoms with Crippen molar-refractivity contribution in [2.75, 3.05) is 11.9 Å². The number of benzene rings is 3. The summed E-state index contributed by atoms with van der Waals surface area (Å²) < 4.78 is 7.40. The number of carbonyl (C=O) groups is 1. The highest BCUT2D eigenvalue weighted by molar-refractivity contribution is 9.10. The molecule has 0 bridgehead atoms. The Kier molecular flexibility index (Phi) is 7.13. The number of halogens is 1. The maximum absolute atomic E-state index is 13.1. The number of hydrogen-bond acceptors (Lipinski definition) is 4. The quantitative estimate of drug-likeness (QED) is 0.193. The molecule has 3 heterocycles. The molecule has 0 aliphatic carbocycles. The molecule has 5 aromatic rings. The molecule has 3 aromatic carbocycles. The van der Waals surface area contributed by atoms with Gasteiger partial charge in [-0.3, -0.25) is 9.78 Å². The number of nitrogens with one attached hydrogen (secondary N) is 2. The van der Waals surface area contributed by atoms with Gasteiger partial charge in [-0.05, 0) is 60.1 Å². The van der Waals surface area contributed by atoms with Crippen LogP contribution in [0.1, 0.15) is 30.0 Å². The van der Waals surface area contributed by atoms with E-state index in [1.165, 1.54) is 0 Å². The monoisotopic (exact) mass is 596 g/mol. The van der Waals surface area contributed by atoms with Crippen molar-refractivity contribution in [1.82, 2.24) is 15.2 Å². The Morgan fingerprint density at radius 3 is 2.59 bits per heavy atom. The number of nitrogens with zero attached hydrogens (tertiary/aromatic N) is 2. The standard InChI is InChI=1S/C31H25BrN4O2S/c32-22-13-11-21(12-14-22)26-15-16-27(38-26)30-29(25-9-3-4-18-33-25)35-31(39)36(30)19-17-28(37)34-24-10-5-7-20-6-1-2-8-23(20)24/h1-16,18,29-30H,17,19H2,(H,34,37)(H,35,39)/t29-,30-/m1/s1. The maximum atomic E-state index is 13.1. The molecular weight excluding hydrogens is 572 g/mol. The second-order valence-electron chi connectivity index (χ2n) is 9.35. The van der Waals surface area contributed by atoms with Crippen LogP contribution in [0.5, 0.6) is 0 Å². The molecule has 2 N–H and O–H groups in total. The summed E-state index contributed by atoms with van der Waals surface area (Å²) in [5, 5.41) is 9.16. The van der Waals surface area contributed by atoms with E-state index in [0.29, 0.717) is 11.7 Å². The third kappa shape index (κ3) is 5.30. The van der Waals surface area contributed by atoms with Crippen LogP contribution in [0.4, 0.5) is 5.69 Å². The molecule has 0 saturated carbocycles. The minimum atomic E-state index is -0.262. The van der Waals surface area contributed by atoms with Gasteiger partial charge in [-0.15, -0.1) is 0 Å². The van der Waals surface area contributed by atoms with E-state index in [0.717, 1.165) is 43.7 Å². The van der Waals surface area contributed by atoms with Gasteiger partial charge in [-0.1, -0.05) is 70.5 Å². The Morgan fingerprint density at radius 2 is 1.77 bits per heavy atom. The van der Waals surface area contributed by atoms with Gasteiger partial charge in [0.25, 0.3) is 0 Å². The largest absolute Gasteiger partial charge is 0.459 e. The van der Waals surface area contributed by atoms with Crippen molar-refractivity contribution in [3.05, 3.63) is 119 Å². The fourth-order valence-electron chi connectivity index (χ4n) is 5.01. The Labute approximate surface area is 240 Å². The van der Waals surface area contributed by atoms with Crippen LogP contribution in [0.25, 0.3) is 22.1 Å². The number of thiocarbonyl (C=S) groups is 1. The number of aromatic nitrogens is 1. The van der Waals surface area contributed by atoms with E-state index < -0.39 is 0 Å². The molecule has 0 spiro atoms. The van der Waals surface area contributed by atoms with Crippen LogP contribution < -0.4 is 10.6 Å². The lowest BCUT2D eigenvalue weighted by molar-refractivity contribution is -0.116. The first kappa shape index (κ1) is 25.3. The number of hydrogen-bond donors (Lipinski definition) is 2. The van der Waals surface area contributed by atoms with Crippen LogP contribution >= 0.6 is 28.1 Å². The highest BCUT2D eigenvalue weighted by atomic mass is 79.9. The number of rotatable bonds is 7. The molecule has 1 fully saturated rings. The van der Waals surface area contributed by atoms with Crippen molar-refractivity contribution in [2.45, 2.75) is 18.5 Å². The molecule has 2 atom stereocenters. The van der Waals surface area contributed by atoms with Crippen molar-refractivity contribution >= 4 is 55.6 Å². The molecule has 2 aromatic heterocycles. The first-order chi connectivity index (χ1) is 19.1. The Morgan fingerprint density at radius 1 is 0.974 bits per heavy atom. The zero-order valence-corrected chi connectivity index (χ0v) is 23.3. The van der Waals surface area contributed by atoms with Gasteiger partial charge in [0.2, 0.25) is 5.91 Å². The summed E-state index contributed by atoms with van der Waals surface area (Å²) in [5.41, 5.74) is 2.64. The molecule has 194 valence electrons. The lowest BCUT2D eigenvalue weighted by atomic mass is 10.0. The van der Waals surface area contributed by atoms with Crippen molar-refractivity contribution in [3.63, 3.8) is 0 Å². The molecule has 6 nitrogen and oxygen atoms in total. The summed E-state index contributed by atoms with van der Waals surface area (Å²) in [5.74, 6) is 1.44. The SMILES string of the molecule is O=C(CCN1C(=S)N[C@H](c2ccccn2)[C@H]1c1ccc(-c2ccc(Br)cc2)o1)Nc1cccc2ccccc12. The van der Waals surface area contributed by atoms with E-state index in [1.807, 2.05) is 102 Å². The lowest BCUT2D eigenvalue weighted by Gasteiger charge is -2.26. The van der Waals surface area contributed by atoms with Crippen molar-refractivity contribution < 1.29 is 9.21 Å². The van der Waals surface area contributed by atoms with Gasteiger partial charge in [-0.25, -0.2) is 0 Å². The number of amides is 1. The van der Waals surface area contributed by atoms with Gasteiger partial charge < -0.3 is 20.0 Å². The number of carbonyl (C=O) groups excluding carboxylic acids is 1. The van der Waals surface area contributed by atoms with E-state index in [-0.39, 0.29) is 24.4 Å². The number of furan rings is 1. The zero-order chi connectivity index (χ0) is 26.8. The minimum absolute atomic E-state index is 0.0795. The zero-order valence-electron chi connectivity index (χ0n) is 20.9. The first-order valence-electron chi connectivity index (χ1n) is 12.7. The van der Waals surface area contributed by atoms with E-state index in [9.17, 15) is 4.79 Å². The number of anilines is 1. The number of fused-ring (bicyclic) bond motifs is 1. The summed E-state index contributed by atoms with van der Waals surface area (Å²) in [6.07, 6.45) is 2.03. The van der Waals surface area contributed by atoms with Crippen molar-refractivity contribution in [1.29, 1.82) is 0 Å². The van der Waals surface area contributed by atoms with E-state index in [4.69, 9.17) is 16.6 Å². The Balaban J connectivity index is 1.25. The smallest absolute Gasteiger partial charge is 0.226 e. The summed E-state index contributed by atoms with van der Waals surface area (Å²) in [6.45, 7) is 0.421. The molecule has 6 rings (SSSR count). The molecule has 0 radical (unpaired) electrons. The Hall–Kier alpha value is -4.01. The summed E-state index contributed by atoms with van der Waals surface area (Å²) in [7, 11) is 0. The third-order valence-electron chi connectivity index (χ3n) is 6.89. The average molecular weight is 598 g/mol. The third-order valence-corrected chi connectivity index (χ3v) is 7.77. The van der Waals surface area contributed by atoms with Crippen LogP contribution in [0.15, 0.2) is 112 Å². The fourth-order valence-corrected chi connectivity index (χ4v) is 5.60. The van der Waals surface area contributed by atoms with Crippen LogP contribution in [-0.2, 0) is 4.79 Å². The fraction of sp³-hybridized carbons (Fsp3) is 0.129. The number of pyridine rings is 1. The minimum Gasteiger partial charge on any atom is -0.459 e. The van der Waals surface area contributed by atoms with Gasteiger partial charge in [-0.2, -0.15) is 0 Å². The summed E-state index contributed by atoms with van der Waals surface area (Å²) >= 11 is 9.25. The van der Waals surface area contributed by atoms with E-state index in [1.54, 1.807) is 6.20 Å².